The minimum Gasteiger partial charge on any atom is -0.492 e. The highest BCUT2D eigenvalue weighted by atomic mass is 35.5. The minimum absolute atomic E-state index is 0.0885. The lowest BCUT2D eigenvalue weighted by atomic mass is 10.1. The van der Waals surface area contributed by atoms with Gasteiger partial charge in [-0.15, -0.1) is 0 Å². The number of aliphatic carboxylic acids is 1. The van der Waals surface area contributed by atoms with Crippen molar-refractivity contribution >= 4 is 87.5 Å². The van der Waals surface area contributed by atoms with Crippen LogP contribution in [0.4, 0.5) is 0 Å². The van der Waals surface area contributed by atoms with Crippen LogP contribution in [0.25, 0.3) is 0 Å². The van der Waals surface area contributed by atoms with Gasteiger partial charge in [0.25, 0.3) is 0 Å². The quantitative estimate of drug-likeness (QED) is 0.212. The van der Waals surface area contributed by atoms with Crippen molar-refractivity contribution in [1.82, 2.24) is 0 Å². The maximum absolute atomic E-state index is 11.5. The lowest BCUT2D eigenvalue weighted by molar-refractivity contribution is -0.137. The van der Waals surface area contributed by atoms with Gasteiger partial charge < -0.3 is 19.3 Å². The molecule has 0 heterocycles. The number of methoxy groups -OCH3 is 2. The van der Waals surface area contributed by atoms with Crippen LogP contribution in [0, 0.1) is 0 Å². The van der Waals surface area contributed by atoms with Crippen molar-refractivity contribution in [2.75, 3.05) is 20.8 Å². The Labute approximate surface area is 219 Å². The summed E-state index contributed by atoms with van der Waals surface area (Å²) in [4.78, 5) is 33.2. The highest BCUT2D eigenvalue weighted by molar-refractivity contribution is 6.52. The van der Waals surface area contributed by atoms with Crippen LogP contribution in [-0.4, -0.2) is 43.8 Å². The third-order valence-electron chi connectivity index (χ3n) is 3.73. The van der Waals surface area contributed by atoms with E-state index in [-0.39, 0.29) is 37.6 Å². The van der Waals surface area contributed by atoms with Gasteiger partial charge in [-0.25, -0.2) is 9.59 Å². The van der Waals surface area contributed by atoms with E-state index in [9.17, 15) is 14.4 Å². The molecule has 1 N–H and O–H groups in total. The molecule has 0 aliphatic carbocycles. The summed E-state index contributed by atoms with van der Waals surface area (Å²) in [6.07, 6.45) is 0.541. The van der Waals surface area contributed by atoms with E-state index in [0.29, 0.717) is 28.8 Å². The highest BCUT2D eigenvalue weighted by Crippen LogP contribution is 2.41. The van der Waals surface area contributed by atoms with Gasteiger partial charge in [-0.2, -0.15) is 0 Å². The molecule has 13 heteroatoms. The predicted molar refractivity (Wildman–Crippen MR) is 128 cm³/mol. The summed E-state index contributed by atoms with van der Waals surface area (Å²) in [5, 5.41) is 8.48. The molecule has 2 aromatic carbocycles. The van der Waals surface area contributed by atoms with E-state index >= 15 is 0 Å². The van der Waals surface area contributed by atoms with Gasteiger partial charge in [-0.1, -0.05) is 69.6 Å². The number of carboxylic acids is 1. The first-order valence-corrected chi connectivity index (χ1v) is 11.0. The zero-order chi connectivity index (χ0) is 25.3. The zero-order valence-corrected chi connectivity index (χ0v) is 21.6. The Morgan fingerprint density at radius 1 is 0.818 bits per heavy atom. The molecular formula is C20H16Cl6O7. The first kappa shape index (κ1) is 29.4. The number of hydrogen-bond donors (Lipinski definition) is 1. The molecule has 0 spiro atoms. The Bertz CT molecular complexity index is 966. The van der Waals surface area contributed by atoms with Crippen LogP contribution in [0.3, 0.4) is 0 Å². The van der Waals surface area contributed by atoms with E-state index in [0.717, 1.165) is 14.2 Å². The summed E-state index contributed by atoms with van der Waals surface area (Å²) in [5.41, 5.74) is -0.410. The van der Waals surface area contributed by atoms with Crippen molar-refractivity contribution in [3.63, 3.8) is 0 Å². The summed E-state index contributed by atoms with van der Waals surface area (Å²) >= 11 is 35.0. The SMILES string of the molecule is COC(=O)c1c(Cl)c(Cl)c(C(=O)OC)c(Cl)c1Cl.O=C(O)CCCOc1ccc(Cl)cc1Cl. The Balaban J connectivity index is 0.000000335. The number of halogens is 6. The normalized spacial score (nSPS) is 10.1. The molecule has 0 amide bonds. The molecule has 0 aliphatic heterocycles. The predicted octanol–water partition coefficient (Wildman–Crippen LogP) is 7.11. The van der Waals surface area contributed by atoms with Crippen molar-refractivity contribution < 1.29 is 33.7 Å². The van der Waals surface area contributed by atoms with Crippen LogP contribution in [0.2, 0.25) is 30.1 Å². The van der Waals surface area contributed by atoms with E-state index in [2.05, 4.69) is 9.47 Å². The van der Waals surface area contributed by atoms with Crippen LogP contribution in [-0.2, 0) is 14.3 Å². The number of carboxylic acid groups (broad SMARTS) is 1. The highest BCUT2D eigenvalue weighted by Gasteiger charge is 2.28. The van der Waals surface area contributed by atoms with Crippen LogP contribution in [0.1, 0.15) is 33.6 Å². The molecule has 2 rings (SSSR count). The molecule has 0 bridgehead atoms. The van der Waals surface area contributed by atoms with Gasteiger partial charge in [0.15, 0.2) is 0 Å². The molecule has 0 aromatic heterocycles. The lowest BCUT2D eigenvalue weighted by Gasteiger charge is -2.12. The molecule has 0 aliphatic rings. The number of rotatable bonds is 7. The minimum atomic E-state index is -0.833. The van der Waals surface area contributed by atoms with Crippen LogP contribution in [0.15, 0.2) is 18.2 Å². The van der Waals surface area contributed by atoms with Gasteiger partial charge in [-0.05, 0) is 24.6 Å². The van der Waals surface area contributed by atoms with E-state index < -0.39 is 17.9 Å². The van der Waals surface area contributed by atoms with E-state index in [1.807, 2.05) is 0 Å². The van der Waals surface area contributed by atoms with Crippen molar-refractivity contribution in [1.29, 1.82) is 0 Å². The first-order chi connectivity index (χ1) is 15.5. The van der Waals surface area contributed by atoms with Crippen molar-refractivity contribution in [3.8, 4) is 5.75 Å². The average molecular weight is 581 g/mol. The number of carbonyl (C=O) groups is 3. The molecule has 0 atom stereocenters. The molecular weight excluding hydrogens is 565 g/mol. The Kier molecular flexibility index (Phi) is 12.4. The fourth-order valence-electron chi connectivity index (χ4n) is 2.19. The molecule has 33 heavy (non-hydrogen) atoms. The summed E-state index contributed by atoms with van der Waals surface area (Å²) < 4.78 is 14.3. The van der Waals surface area contributed by atoms with Crippen molar-refractivity contribution in [3.05, 3.63) is 59.5 Å². The summed E-state index contributed by atoms with van der Waals surface area (Å²) in [6.45, 7) is 0.327. The summed E-state index contributed by atoms with van der Waals surface area (Å²) in [7, 11) is 2.29. The molecule has 0 saturated heterocycles. The zero-order valence-electron chi connectivity index (χ0n) is 17.0. The summed E-state index contributed by atoms with van der Waals surface area (Å²) in [6, 6.07) is 4.90. The molecule has 0 saturated carbocycles. The van der Waals surface area contributed by atoms with Gasteiger partial charge in [0, 0.05) is 11.4 Å². The number of hydrogen-bond acceptors (Lipinski definition) is 6. The maximum atomic E-state index is 11.5. The molecule has 0 fully saturated rings. The largest absolute Gasteiger partial charge is 0.492 e. The van der Waals surface area contributed by atoms with Gasteiger partial charge in [0.1, 0.15) is 5.75 Å². The second-order valence-corrected chi connectivity index (χ2v) is 8.27. The third-order valence-corrected chi connectivity index (χ3v) is 5.96. The maximum Gasteiger partial charge on any atom is 0.341 e. The Morgan fingerprint density at radius 2 is 1.27 bits per heavy atom. The molecule has 7 nitrogen and oxygen atoms in total. The number of carbonyl (C=O) groups excluding carboxylic acids is 2. The topological polar surface area (TPSA) is 99.1 Å². The summed E-state index contributed by atoms with van der Waals surface area (Å²) in [5.74, 6) is -1.94. The standard InChI is InChI=1S/C10H6Cl4O4.C10H10Cl2O3/c1-17-9(15)3-5(11)7(13)4(10(16)18-2)8(14)6(3)12;11-7-3-4-9(8(12)6-7)15-5-1-2-10(13)14/h1-2H3;3-4,6H,1-2,5H2,(H,13,14). The lowest BCUT2D eigenvalue weighted by Crippen LogP contribution is -2.09. The number of ether oxygens (including phenoxy) is 3. The number of benzene rings is 2. The molecule has 0 radical (unpaired) electrons. The van der Waals surface area contributed by atoms with Gasteiger partial charge in [0.05, 0.1) is 57.1 Å². The van der Waals surface area contributed by atoms with Crippen LogP contribution < -0.4 is 4.74 Å². The fraction of sp³-hybridized carbons (Fsp3) is 0.250. The monoisotopic (exact) mass is 578 g/mol. The van der Waals surface area contributed by atoms with Crippen LogP contribution in [0.5, 0.6) is 5.75 Å². The van der Waals surface area contributed by atoms with Gasteiger partial charge >= 0.3 is 17.9 Å². The van der Waals surface area contributed by atoms with Gasteiger partial charge in [0.2, 0.25) is 0 Å². The van der Waals surface area contributed by atoms with E-state index in [4.69, 9.17) is 79.4 Å². The molecule has 180 valence electrons. The number of esters is 2. The van der Waals surface area contributed by atoms with Crippen molar-refractivity contribution in [2.45, 2.75) is 12.8 Å². The first-order valence-electron chi connectivity index (χ1n) is 8.78. The van der Waals surface area contributed by atoms with E-state index in [1.165, 1.54) is 0 Å². The second kappa shape index (κ2) is 13.9. The Hall–Kier alpha value is -1.61. The third kappa shape index (κ3) is 8.28. The second-order valence-electron chi connectivity index (χ2n) is 5.91. The van der Waals surface area contributed by atoms with Crippen molar-refractivity contribution in [2.24, 2.45) is 0 Å². The average Bonchev–Trinajstić information content (AvgIpc) is 2.76. The van der Waals surface area contributed by atoms with Gasteiger partial charge in [-0.3, -0.25) is 4.79 Å². The Morgan fingerprint density at radius 3 is 1.64 bits per heavy atom. The molecule has 2 aromatic rings. The smallest absolute Gasteiger partial charge is 0.341 e. The van der Waals surface area contributed by atoms with E-state index in [1.54, 1.807) is 18.2 Å². The molecule has 0 unspecified atom stereocenters. The fourth-order valence-corrected chi connectivity index (χ4v) is 3.82. The van der Waals surface area contributed by atoms with Crippen LogP contribution >= 0.6 is 69.6 Å².